The molecule has 6 heteroatoms. The van der Waals surface area contributed by atoms with Crippen LogP contribution in [0.1, 0.15) is 17.0 Å². The second-order valence-electron chi connectivity index (χ2n) is 4.75. The van der Waals surface area contributed by atoms with Crippen LogP contribution in [0.3, 0.4) is 0 Å². The van der Waals surface area contributed by atoms with Crippen molar-refractivity contribution in [2.24, 2.45) is 5.10 Å². The summed E-state index contributed by atoms with van der Waals surface area (Å²) in [5, 5.41) is 4.15. The Kier molecular flexibility index (Phi) is 3.68. The van der Waals surface area contributed by atoms with Crippen molar-refractivity contribution in [1.29, 1.82) is 0 Å². The highest BCUT2D eigenvalue weighted by atomic mass is 16.6. The van der Waals surface area contributed by atoms with E-state index in [-0.39, 0.29) is 0 Å². The molecule has 21 heavy (non-hydrogen) atoms. The summed E-state index contributed by atoms with van der Waals surface area (Å²) in [6, 6.07) is 7.60. The van der Waals surface area contributed by atoms with E-state index in [1.807, 2.05) is 38.1 Å². The lowest BCUT2D eigenvalue weighted by molar-refractivity contribution is 0.171. The summed E-state index contributed by atoms with van der Waals surface area (Å²) < 4.78 is 11.0. The second kappa shape index (κ2) is 5.78. The largest absolute Gasteiger partial charge is 0.486 e. The van der Waals surface area contributed by atoms with Crippen LogP contribution in [0.4, 0.5) is 5.95 Å². The molecule has 2 aromatic rings. The van der Waals surface area contributed by atoms with Crippen LogP contribution in [0.25, 0.3) is 0 Å². The number of ether oxygens (including phenoxy) is 2. The maximum absolute atomic E-state index is 5.53. The molecule has 1 aromatic carbocycles. The molecule has 1 aromatic heterocycles. The zero-order valence-electron chi connectivity index (χ0n) is 12.0. The van der Waals surface area contributed by atoms with Gasteiger partial charge in [0.25, 0.3) is 0 Å². The fraction of sp³-hybridized carbons (Fsp3) is 0.267. The summed E-state index contributed by atoms with van der Waals surface area (Å²) in [5.74, 6) is 2.00. The van der Waals surface area contributed by atoms with Crippen LogP contribution in [-0.2, 0) is 0 Å². The van der Waals surface area contributed by atoms with E-state index >= 15 is 0 Å². The van der Waals surface area contributed by atoms with E-state index in [2.05, 4.69) is 20.5 Å². The monoisotopic (exact) mass is 284 g/mol. The topological polar surface area (TPSA) is 68.6 Å². The number of hydrogen-bond acceptors (Lipinski definition) is 6. The number of hydrogen-bond donors (Lipinski definition) is 1. The Morgan fingerprint density at radius 1 is 1.05 bits per heavy atom. The maximum Gasteiger partial charge on any atom is 0.243 e. The predicted octanol–water partition coefficient (Wildman–Crippen LogP) is 2.31. The minimum absolute atomic E-state index is 0.487. The third-order valence-electron chi connectivity index (χ3n) is 2.93. The van der Waals surface area contributed by atoms with Crippen molar-refractivity contribution in [2.45, 2.75) is 13.8 Å². The Morgan fingerprint density at radius 3 is 2.52 bits per heavy atom. The first-order valence-electron chi connectivity index (χ1n) is 6.72. The summed E-state index contributed by atoms with van der Waals surface area (Å²) in [5.41, 5.74) is 5.55. The average molecular weight is 284 g/mol. The van der Waals surface area contributed by atoms with Gasteiger partial charge in [0.15, 0.2) is 11.5 Å². The van der Waals surface area contributed by atoms with Gasteiger partial charge in [-0.3, -0.25) is 0 Å². The minimum atomic E-state index is 0.487. The van der Waals surface area contributed by atoms with Gasteiger partial charge in [-0.15, -0.1) is 0 Å². The number of benzene rings is 1. The molecular formula is C15H16N4O2. The van der Waals surface area contributed by atoms with Gasteiger partial charge in [-0.1, -0.05) is 0 Å². The van der Waals surface area contributed by atoms with Gasteiger partial charge in [-0.25, -0.2) is 15.4 Å². The molecule has 0 bridgehead atoms. The van der Waals surface area contributed by atoms with Crippen LogP contribution < -0.4 is 14.9 Å². The number of hydrazone groups is 1. The van der Waals surface area contributed by atoms with Crippen LogP contribution in [0, 0.1) is 13.8 Å². The molecule has 3 rings (SSSR count). The first kappa shape index (κ1) is 13.4. The van der Waals surface area contributed by atoms with E-state index in [9.17, 15) is 0 Å². The molecule has 0 radical (unpaired) electrons. The predicted molar refractivity (Wildman–Crippen MR) is 80.2 cm³/mol. The molecule has 0 saturated heterocycles. The average Bonchev–Trinajstić information content (AvgIpc) is 2.46. The van der Waals surface area contributed by atoms with E-state index < -0.39 is 0 Å². The van der Waals surface area contributed by atoms with Gasteiger partial charge in [-0.05, 0) is 43.7 Å². The van der Waals surface area contributed by atoms with Crippen molar-refractivity contribution in [3.63, 3.8) is 0 Å². The number of nitrogens with zero attached hydrogens (tertiary/aromatic N) is 3. The molecule has 2 heterocycles. The third-order valence-corrected chi connectivity index (χ3v) is 2.93. The Balaban J connectivity index is 1.71. The molecule has 0 aliphatic carbocycles. The lowest BCUT2D eigenvalue weighted by Crippen LogP contribution is -2.15. The van der Waals surface area contributed by atoms with Crippen molar-refractivity contribution in [1.82, 2.24) is 9.97 Å². The molecule has 0 unspecified atom stereocenters. The molecule has 0 saturated carbocycles. The van der Waals surface area contributed by atoms with E-state index in [0.29, 0.717) is 19.2 Å². The Labute approximate surface area is 122 Å². The smallest absolute Gasteiger partial charge is 0.243 e. The Bertz CT molecular complexity index is 665. The molecule has 0 spiro atoms. The summed E-state index contributed by atoms with van der Waals surface area (Å²) >= 11 is 0. The van der Waals surface area contributed by atoms with E-state index in [1.165, 1.54) is 0 Å². The van der Waals surface area contributed by atoms with Gasteiger partial charge in [0, 0.05) is 11.4 Å². The van der Waals surface area contributed by atoms with Gasteiger partial charge in [0.1, 0.15) is 13.2 Å². The highest BCUT2D eigenvalue weighted by Gasteiger charge is 2.10. The van der Waals surface area contributed by atoms with Crippen molar-refractivity contribution in [3.05, 3.63) is 41.2 Å². The molecule has 1 aliphatic heterocycles. The molecule has 0 atom stereocenters. The zero-order valence-corrected chi connectivity index (χ0v) is 12.0. The maximum atomic E-state index is 5.53. The van der Waals surface area contributed by atoms with E-state index in [1.54, 1.807) is 6.21 Å². The summed E-state index contributed by atoms with van der Waals surface area (Å²) in [4.78, 5) is 8.51. The van der Waals surface area contributed by atoms with Crippen LogP contribution >= 0.6 is 0 Å². The number of nitrogens with one attached hydrogen (secondary N) is 1. The van der Waals surface area contributed by atoms with Crippen molar-refractivity contribution in [2.75, 3.05) is 18.6 Å². The lowest BCUT2D eigenvalue weighted by atomic mass is 10.2. The summed E-state index contributed by atoms with van der Waals surface area (Å²) in [6.07, 6.45) is 1.69. The number of aryl methyl sites for hydroxylation is 2. The standard InChI is InChI=1S/C15H16N4O2/c1-10-7-11(2)18-15(17-10)19-16-9-12-3-4-13-14(8-12)21-6-5-20-13/h3-4,7-9H,5-6H2,1-2H3,(H,17,18,19)/b16-9+. The van der Waals surface area contributed by atoms with Crippen LogP contribution in [0.15, 0.2) is 29.4 Å². The van der Waals surface area contributed by atoms with Gasteiger partial charge >= 0.3 is 0 Å². The Morgan fingerprint density at radius 2 is 1.76 bits per heavy atom. The van der Waals surface area contributed by atoms with Gasteiger partial charge in [-0.2, -0.15) is 5.10 Å². The van der Waals surface area contributed by atoms with Gasteiger partial charge in [0.05, 0.1) is 6.21 Å². The van der Waals surface area contributed by atoms with Crippen LogP contribution in [-0.4, -0.2) is 29.4 Å². The number of aromatic nitrogens is 2. The number of anilines is 1. The lowest BCUT2D eigenvalue weighted by Gasteiger charge is -2.18. The molecule has 0 fully saturated rings. The van der Waals surface area contributed by atoms with E-state index in [4.69, 9.17) is 9.47 Å². The van der Waals surface area contributed by atoms with Crippen molar-refractivity contribution >= 4 is 12.2 Å². The van der Waals surface area contributed by atoms with Crippen LogP contribution in [0.5, 0.6) is 11.5 Å². The second-order valence-corrected chi connectivity index (χ2v) is 4.75. The number of rotatable bonds is 3. The quantitative estimate of drug-likeness (QED) is 0.692. The molecule has 1 N–H and O–H groups in total. The highest BCUT2D eigenvalue weighted by molar-refractivity contribution is 5.81. The van der Waals surface area contributed by atoms with Crippen molar-refractivity contribution < 1.29 is 9.47 Å². The summed E-state index contributed by atoms with van der Waals surface area (Å²) in [7, 11) is 0. The van der Waals surface area contributed by atoms with Crippen LogP contribution in [0.2, 0.25) is 0 Å². The Hall–Kier alpha value is -2.63. The van der Waals surface area contributed by atoms with E-state index in [0.717, 1.165) is 28.5 Å². The minimum Gasteiger partial charge on any atom is -0.486 e. The van der Waals surface area contributed by atoms with Gasteiger partial charge < -0.3 is 9.47 Å². The third kappa shape index (κ3) is 3.28. The number of fused-ring (bicyclic) bond motifs is 1. The fourth-order valence-electron chi connectivity index (χ4n) is 2.08. The van der Waals surface area contributed by atoms with Gasteiger partial charge in [0.2, 0.25) is 5.95 Å². The first-order valence-corrected chi connectivity index (χ1v) is 6.72. The van der Waals surface area contributed by atoms with Crippen molar-refractivity contribution in [3.8, 4) is 11.5 Å². The normalized spacial score (nSPS) is 13.4. The molecule has 1 aliphatic rings. The summed E-state index contributed by atoms with van der Waals surface area (Å²) in [6.45, 7) is 5.00. The SMILES string of the molecule is Cc1cc(C)nc(N/N=C/c2ccc3c(c2)OCCO3)n1. The molecule has 108 valence electrons. The zero-order chi connectivity index (χ0) is 14.7. The highest BCUT2D eigenvalue weighted by Crippen LogP contribution is 2.30. The molecule has 6 nitrogen and oxygen atoms in total. The molecule has 0 amide bonds. The first-order chi connectivity index (χ1) is 10.2. The molecular weight excluding hydrogens is 268 g/mol. The fourth-order valence-corrected chi connectivity index (χ4v) is 2.08.